The quantitative estimate of drug-likeness (QED) is 0.583. The molecular weight excluding hydrogens is 447 g/mol. The van der Waals surface area contributed by atoms with Gasteiger partial charge >= 0.3 is 6.18 Å². The third kappa shape index (κ3) is 4.38. The number of halogens is 3. The molecule has 0 spiro atoms. The third-order valence-corrected chi connectivity index (χ3v) is 6.63. The number of carbonyl (C=O) groups is 1. The van der Waals surface area contributed by atoms with Gasteiger partial charge in [-0.3, -0.25) is 4.79 Å². The molecule has 5 rings (SSSR count). The molecule has 1 amide bonds. The fourth-order valence-electron chi connectivity index (χ4n) is 4.75. The second-order valence-corrected chi connectivity index (χ2v) is 8.90. The van der Waals surface area contributed by atoms with Crippen LogP contribution in [0.2, 0.25) is 0 Å². The maximum atomic E-state index is 13.2. The molecule has 2 aromatic heterocycles. The number of amides is 1. The van der Waals surface area contributed by atoms with Crippen molar-refractivity contribution in [3.8, 4) is 0 Å². The number of aryl methyl sites for hydroxylation is 1. The number of hydrogen-bond donors (Lipinski definition) is 0. The summed E-state index contributed by atoms with van der Waals surface area (Å²) in [5.41, 5.74) is 2.45. The lowest BCUT2D eigenvalue weighted by Crippen LogP contribution is -2.51. The summed E-state index contributed by atoms with van der Waals surface area (Å²) in [7, 11) is 0. The molecule has 0 radical (unpaired) electrons. The Balaban J connectivity index is 1.18. The van der Waals surface area contributed by atoms with Crippen LogP contribution in [0.4, 0.5) is 24.7 Å². The first kappa shape index (κ1) is 22.4. The van der Waals surface area contributed by atoms with Gasteiger partial charge in [-0.1, -0.05) is 12.1 Å². The summed E-state index contributed by atoms with van der Waals surface area (Å²) < 4.78 is 40.2. The van der Waals surface area contributed by atoms with E-state index in [2.05, 4.69) is 51.4 Å². The first-order valence-electron chi connectivity index (χ1n) is 11.4. The molecule has 0 saturated carbocycles. The lowest BCUT2D eigenvalue weighted by Gasteiger charge is -2.39. The van der Waals surface area contributed by atoms with Gasteiger partial charge < -0.3 is 14.7 Å². The van der Waals surface area contributed by atoms with Crippen molar-refractivity contribution >= 4 is 23.1 Å². The number of hydrogen-bond acceptors (Lipinski definition) is 6. The smallest absolute Gasteiger partial charge is 0.368 e. The number of piperazine rings is 1. The maximum absolute atomic E-state index is 13.2. The predicted octanol–water partition coefficient (Wildman–Crippen LogP) is 3.02. The van der Waals surface area contributed by atoms with Gasteiger partial charge in [0.2, 0.25) is 5.91 Å². The maximum Gasteiger partial charge on any atom is 0.453 e. The molecule has 2 fully saturated rings. The molecule has 0 bridgehead atoms. The van der Waals surface area contributed by atoms with Crippen LogP contribution in [0.25, 0.3) is 5.65 Å². The monoisotopic (exact) mass is 473 g/mol. The highest BCUT2D eigenvalue weighted by Crippen LogP contribution is 2.29. The molecule has 2 saturated heterocycles. The number of carbonyl (C=O) groups excluding carboxylic acids is 1. The van der Waals surface area contributed by atoms with E-state index >= 15 is 0 Å². The number of rotatable bonds is 3. The second-order valence-electron chi connectivity index (χ2n) is 8.90. The molecule has 0 unspecified atom stereocenters. The third-order valence-electron chi connectivity index (χ3n) is 6.63. The number of piperidine rings is 1. The predicted molar refractivity (Wildman–Crippen MR) is 121 cm³/mol. The molecule has 1 aromatic carbocycles. The first-order chi connectivity index (χ1) is 16.3. The van der Waals surface area contributed by atoms with Gasteiger partial charge in [-0.15, -0.1) is 15.3 Å². The molecule has 0 N–H and O–H groups in total. The molecule has 4 heterocycles. The topological polar surface area (TPSA) is 69.9 Å². The minimum atomic E-state index is -4.63. The van der Waals surface area contributed by atoms with Crippen molar-refractivity contribution in [2.45, 2.75) is 25.9 Å². The molecule has 3 aromatic rings. The van der Waals surface area contributed by atoms with E-state index in [1.165, 1.54) is 17.3 Å². The summed E-state index contributed by atoms with van der Waals surface area (Å²) in [6, 6.07) is 11.5. The van der Waals surface area contributed by atoms with Crippen LogP contribution < -0.4 is 9.80 Å². The highest BCUT2D eigenvalue weighted by Gasteiger charge is 2.38. The van der Waals surface area contributed by atoms with Crippen LogP contribution in [0.5, 0.6) is 0 Å². The molecule has 2 aliphatic rings. The van der Waals surface area contributed by atoms with E-state index in [0.29, 0.717) is 44.8 Å². The summed E-state index contributed by atoms with van der Waals surface area (Å²) in [5, 5.41) is 10.9. The Morgan fingerprint density at radius 2 is 1.68 bits per heavy atom. The van der Waals surface area contributed by atoms with Crippen LogP contribution in [0, 0.1) is 12.8 Å². The molecule has 11 heteroatoms. The Hall–Kier alpha value is -3.37. The van der Waals surface area contributed by atoms with E-state index in [4.69, 9.17) is 0 Å². The first-order valence-corrected chi connectivity index (χ1v) is 11.4. The fourth-order valence-corrected chi connectivity index (χ4v) is 4.75. The lowest BCUT2D eigenvalue weighted by atomic mass is 9.95. The van der Waals surface area contributed by atoms with Crippen molar-refractivity contribution in [1.29, 1.82) is 0 Å². The Morgan fingerprint density at radius 1 is 0.941 bits per heavy atom. The normalized spacial score (nSPS) is 18.1. The van der Waals surface area contributed by atoms with Gasteiger partial charge in [-0.25, -0.2) is 0 Å². The molecule has 180 valence electrons. The Kier molecular flexibility index (Phi) is 5.78. The van der Waals surface area contributed by atoms with Crippen molar-refractivity contribution in [2.24, 2.45) is 5.92 Å². The summed E-state index contributed by atoms with van der Waals surface area (Å²) in [5.74, 6) is -0.619. The molecule has 34 heavy (non-hydrogen) atoms. The number of aromatic nitrogens is 4. The Bertz CT molecular complexity index is 1180. The van der Waals surface area contributed by atoms with Gasteiger partial charge in [0.25, 0.3) is 5.82 Å². The highest BCUT2D eigenvalue weighted by atomic mass is 19.4. The van der Waals surface area contributed by atoms with Crippen LogP contribution in [0.15, 0.2) is 36.4 Å². The van der Waals surface area contributed by atoms with Gasteiger partial charge in [0, 0.05) is 50.9 Å². The van der Waals surface area contributed by atoms with E-state index in [1.54, 1.807) is 6.07 Å². The van der Waals surface area contributed by atoms with Crippen LogP contribution in [0.1, 0.15) is 24.2 Å². The summed E-state index contributed by atoms with van der Waals surface area (Å²) in [6.45, 7) is 6.18. The van der Waals surface area contributed by atoms with Crippen molar-refractivity contribution in [3.05, 3.63) is 47.8 Å². The average Bonchev–Trinajstić information content (AvgIpc) is 3.28. The molecule has 2 aliphatic heterocycles. The van der Waals surface area contributed by atoms with Crippen LogP contribution in [-0.2, 0) is 11.0 Å². The van der Waals surface area contributed by atoms with E-state index < -0.39 is 12.0 Å². The second kappa shape index (κ2) is 8.77. The van der Waals surface area contributed by atoms with Crippen molar-refractivity contribution in [3.63, 3.8) is 0 Å². The van der Waals surface area contributed by atoms with Crippen molar-refractivity contribution in [1.82, 2.24) is 24.7 Å². The lowest BCUT2D eigenvalue weighted by molar-refractivity contribution is -0.146. The molecular formula is C23H26F3N7O. The number of nitrogens with zero attached hydrogens (tertiary/aromatic N) is 7. The summed E-state index contributed by atoms with van der Waals surface area (Å²) in [4.78, 5) is 19.3. The van der Waals surface area contributed by atoms with Gasteiger partial charge in [-0.05, 0) is 49.6 Å². The SMILES string of the molecule is Cc1cccc(N2CCN(C(=O)C3CCN(c4ccc5nnc(C(F)(F)F)n5n4)CC3)CC2)c1. The van der Waals surface area contributed by atoms with Gasteiger partial charge in [0.15, 0.2) is 5.65 Å². The Labute approximate surface area is 195 Å². The number of anilines is 2. The molecule has 8 nitrogen and oxygen atoms in total. The average molecular weight is 474 g/mol. The zero-order chi connectivity index (χ0) is 23.9. The van der Waals surface area contributed by atoms with Crippen LogP contribution >= 0.6 is 0 Å². The highest BCUT2D eigenvalue weighted by molar-refractivity contribution is 5.79. The molecule has 0 atom stereocenters. The van der Waals surface area contributed by atoms with E-state index in [0.717, 1.165) is 17.6 Å². The largest absolute Gasteiger partial charge is 0.453 e. The zero-order valence-electron chi connectivity index (χ0n) is 18.9. The standard InChI is InChI=1S/C23H26F3N7O/c1-16-3-2-4-18(15-16)30-11-13-32(14-12-30)21(34)17-7-9-31(10-8-17)20-6-5-19-27-28-22(23(24,25)26)33(19)29-20/h2-6,15,17H,7-14H2,1H3. The Morgan fingerprint density at radius 3 is 2.35 bits per heavy atom. The zero-order valence-corrected chi connectivity index (χ0v) is 18.9. The van der Waals surface area contributed by atoms with Crippen LogP contribution in [0.3, 0.4) is 0 Å². The van der Waals surface area contributed by atoms with Gasteiger partial charge in [-0.2, -0.15) is 17.7 Å². The van der Waals surface area contributed by atoms with E-state index in [9.17, 15) is 18.0 Å². The fraction of sp³-hybridized carbons (Fsp3) is 0.478. The summed E-state index contributed by atoms with van der Waals surface area (Å²) in [6.07, 6.45) is -3.34. The number of alkyl halides is 3. The minimum Gasteiger partial charge on any atom is -0.368 e. The summed E-state index contributed by atoms with van der Waals surface area (Å²) >= 11 is 0. The van der Waals surface area contributed by atoms with Crippen molar-refractivity contribution < 1.29 is 18.0 Å². The van der Waals surface area contributed by atoms with E-state index in [1.807, 2.05) is 9.80 Å². The minimum absolute atomic E-state index is 0.0472. The number of fused-ring (bicyclic) bond motifs is 1. The molecule has 0 aliphatic carbocycles. The van der Waals surface area contributed by atoms with Crippen molar-refractivity contribution in [2.75, 3.05) is 49.1 Å². The number of benzene rings is 1. The van der Waals surface area contributed by atoms with E-state index in [-0.39, 0.29) is 17.5 Å². The van der Waals surface area contributed by atoms with Gasteiger partial charge in [0.1, 0.15) is 5.82 Å². The van der Waals surface area contributed by atoms with Gasteiger partial charge in [0.05, 0.1) is 0 Å². The van der Waals surface area contributed by atoms with Crippen LogP contribution in [-0.4, -0.2) is 69.9 Å².